The lowest BCUT2D eigenvalue weighted by Crippen LogP contribution is -2.35. The lowest BCUT2D eigenvalue weighted by molar-refractivity contribution is 0.141. The normalized spacial score (nSPS) is 25.5. The summed E-state index contributed by atoms with van der Waals surface area (Å²) in [5, 5.41) is 2.85. The van der Waals surface area contributed by atoms with E-state index in [9.17, 15) is 8.78 Å². The zero-order chi connectivity index (χ0) is 8.97. The van der Waals surface area contributed by atoms with E-state index < -0.39 is 6.43 Å². The first-order valence-corrected chi connectivity index (χ1v) is 4.46. The van der Waals surface area contributed by atoms with E-state index in [2.05, 4.69) is 17.1 Å². The number of alkyl halides is 2. The number of rotatable bonds is 4. The molecule has 0 radical (unpaired) electrons. The van der Waals surface area contributed by atoms with Gasteiger partial charge in [0.15, 0.2) is 0 Å². The van der Waals surface area contributed by atoms with E-state index >= 15 is 0 Å². The average Bonchev–Trinajstić information content (AvgIpc) is 2.48. The molecular formula is C8H16F2N2. The van der Waals surface area contributed by atoms with Crippen LogP contribution in [0.2, 0.25) is 0 Å². The van der Waals surface area contributed by atoms with Gasteiger partial charge in [-0.2, -0.15) is 0 Å². The average molecular weight is 178 g/mol. The van der Waals surface area contributed by atoms with E-state index in [-0.39, 0.29) is 12.6 Å². The third-order valence-electron chi connectivity index (χ3n) is 2.28. The van der Waals surface area contributed by atoms with Crippen LogP contribution in [0.3, 0.4) is 0 Å². The fraction of sp³-hybridized carbons (Fsp3) is 1.00. The summed E-state index contributed by atoms with van der Waals surface area (Å²) in [7, 11) is 0. The first kappa shape index (κ1) is 9.86. The van der Waals surface area contributed by atoms with Crippen molar-refractivity contribution in [2.24, 2.45) is 0 Å². The lowest BCUT2D eigenvalue weighted by atomic mass is 10.3. The maximum Gasteiger partial charge on any atom is 0.250 e. The van der Waals surface area contributed by atoms with E-state index in [0.717, 1.165) is 26.1 Å². The molecule has 1 unspecified atom stereocenters. The van der Waals surface area contributed by atoms with Gasteiger partial charge in [-0.05, 0) is 19.5 Å². The van der Waals surface area contributed by atoms with E-state index in [1.54, 1.807) is 0 Å². The van der Waals surface area contributed by atoms with Gasteiger partial charge in [0.2, 0.25) is 0 Å². The highest BCUT2D eigenvalue weighted by atomic mass is 19.3. The Morgan fingerprint density at radius 2 is 2.33 bits per heavy atom. The quantitative estimate of drug-likeness (QED) is 0.689. The number of likely N-dealkylation sites (N-methyl/N-ethyl adjacent to an activating group) is 1. The smallest absolute Gasteiger partial charge is 0.250 e. The summed E-state index contributed by atoms with van der Waals surface area (Å²) >= 11 is 0. The van der Waals surface area contributed by atoms with Crippen LogP contribution >= 0.6 is 0 Å². The van der Waals surface area contributed by atoms with Crippen LogP contribution in [0.25, 0.3) is 0 Å². The molecule has 1 atom stereocenters. The zero-order valence-corrected chi connectivity index (χ0v) is 7.39. The Labute approximate surface area is 71.9 Å². The third-order valence-corrected chi connectivity index (χ3v) is 2.28. The lowest BCUT2D eigenvalue weighted by Gasteiger charge is -2.13. The molecule has 4 heteroatoms. The van der Waals surface area contributed by atoms with Crippen LogP contribution in [-0.2, 0) is 0 Å². The molecule has 0 saturated carbocycles. The Morgan fingerprint density at radius 3 is 2.83 bits per heavy atom. The second kappa shape index (κ2) is 4.72. The summed E-state index contributed by atoms with van der Waals surface area (Å²) in [6, 6.07) is 0.277. The fourth-order valence-electron chi connectivity index (χ4n) is 1.54. The van der Waals surface area contributed by atoms with Gasteiger partial charge >= 0.3 is 0 Å². The van der Waals surface area contributed by atoms with Crippen LogP contribution in [-0.4, -0.2) is 43.5 Å². The van der Waals surface area contributed by atoms with E-state index in [1.807, 2.05) is 0 Å². The predicted molar refractivity (Wildman–Crippen MR) is 44.5 cm³/mol. The van der Waals surface area contributed by atoms with Crippen molar-refractivity contribution >= 4 is 0 Å². The molecule has 0 aliphatic carbocycles. The van der Waals surface area contributed by atoms with Gasteiger partial charge in [-0.1, -0.05) is 6.92 Å². The van der Waals surface area contributed by atoms with Gasteiger partial charge < -0.3 is 10.2 Å². The molecule has 1 heterocycles. The van der Waals surface area contributed by atoms with Crippen molar-refractivity contribution in [3.63, 3.8) is 0 Å². The van der Waals surface area contributed by atoms with Gasteiger partial charge in [0.05, 0.1) is 6.54 Å². The SMILES string of the molecule is CCN1CCC(NCC(F)F)C1. The summed E-state index contributed by atoms with van der Waals surface area (Å²) in [5.74, 6) is 0. The number of nitrogens with one attached hydrogen (secondary N) is 1. The van der Waals surface area contributed by atoms with Crippen LogP contribution in [0.4, 0.5) is 8.78 Å². The monoisotopic (exact) mass is 178 g/mol. The van der Waals surface area contributed by atoms with Gasteiger partial charge in [0, 0.05) is 12.6 Å². The first-order valence-electron chi connectivity index (χ1n) is 4.46. The minimum atomic E-state index is -2.22. The minimum absolute atomic E-state index is 0.164. The van der Waals surface area contributed by atoms with Crippen molar-refractivity contribution in [3.8, 4) is 0 Å². The maximum atomic E-state index is 11.8. The molecule has 0 spiro atoms. The molecule has 1 saturated heterocycles. The molecule has 0 aromatic heterocycles. The van der Waals surface area contributed by atoms with Crippen molar-refractivity contribution in [1.29, 1.82) is 0 Å². The van der Waals surface area contributed by atoms with Gasteiger partial charge in [0.25, 0.3) is 6.43 Å². The number of hydrogen-bond donors (Lipinski definition) is 1. The first-order chi connectivity index (χ1) is 5.72. The Balaban J connectivity index is 2.11. The second-order valence-corrected chi connectivity index (χ2v) is 3.18. The van der Waals surface area contributed by atoms with E-state index in [1.165, 1.54) is 0 Å². The summed E-state index contributed by atoms with van der Waals surface area (Å²) in [5.41, 5.74) is 0. The topological polar surface area (TPSA) is 15.3 Å². The van der Waals surface area contributed by atoms with Gasteiger partial charge in [-0.15, -0.1) is 0 Å². The van der Waals surface area contributed by atoms with Gasteiger partial charge in [-0.3, -0.25) is 0 Å². The molecule has 0 aromatic carbocycles. The number of hydrogen-bond acceptors (Lipinski definition) is 2. The van der Waals surface area contributed by atoms with Crippen molar-refractivity contribution in [3.05, 3.63) is 0 Å². The summed E-state index contributed by atoms with van der Waals surface area (Å²) < 4.78 is 23.6. The molecule has 0 aromatic rings. The van der Waals surface area contributed by atoms with Gasteiger partial charge in [0.1, 0.15) is 0 Å². The summed E-state index contributed by atoms with van der Waals surface area (Å²) in [6.07, 6.45) is -1.22. The maximum absolute atomic E-state index is 11.8. The zero-order valence-electron chi connectivity index (χ0n) is 7.39. The molecule has 0 bridgehead atoms. The Morgan fingerprint density at radius 1 is 1.58 bits per heavy atom. The van der Waals surface area contributed by atoms with Crippen LogP contribution in [0.15, 0.2) is 0 Å². The summed E-state index contributed by atoms with van der Waals surface area (Å²) in [6.45, 7) is 4.91. The van der Waals surface area contributed by atoms with E-state index in [4.69, 9.17) is 0 Å². The molecule has 1 rings (SSSR count). The molecule has 0 amide bonds. The van der Waals surface area contributed by atoms with Crippen molar-refractivity contribution in [2.45, 2.75) is 25.8 Å². The highest BCUT2D eigenvalue weighted by Crippen LogP contribution is 2.08. The number of halogens is 2. The fourth-order valence-corrected chi connectivity index (χ4v) is 1.54. The highest BCUT2D eigenvalue weighted by Gasteiger charge is 2.20. The van der Waals surface area contributed by atoms with Crippen molar-refractivity contribution in [2.75, 3.05) is 26.2 Å². The standard InChI is InChI=1S/C8H16F2N2/c1-2-12-4-3-7(6-12)11-5-8(9)10/h7-8,11H,2-6H2,1H3. The Bertz CT molecular complexity index is 130. The van der Waals surface area contributed by atoms with Crippen LogP contribution in [0.5, 0.6) is 0 Å². The van der Waals surface area contributed by atoms with Crippen LogP contribution in [0, 0.1) is 0 Å². The van der Waals surface area contributed by atoms with Crippen LogP contribution in [0.1, 0.15) is 13.3 Å². The minimum Gasteiger partial charge on any atom is -0.307 e. The second-order valence-electron chi connectivity index (χ2n) is 3.18. The molecule has 72 valence electrons. The molecule has 2 nitrogen and oxygen atoms in total. The van der Waals surface area contributed by atoms with Crippen LogP contribution < -0.4 is 5.32 Å². The highest BCUT2D eigenvalue weighted by molar-refractivity contribution is 4.80. The third kappa shape index (κ3) is 3.03. The van der Waals surface area contributed by atoms with Gasteiger partial charge in [-0.25, -0.2) is 8.78 Å². The number of likely N-dealkylation sites (tertiary alicyclic amines) is 1. The largest absolute Gasteiger partial charge is 0.307 e. The summed E-state index contributed by atoms with van der Waals surface area (Å²) in [4.78, 5) is 2.27. The Kier molecular flexibility index (Phi) is 3.88. The molecule has 1 aliphatic rings. The molecule has 12 heavy (non-hydrogen) atoms. The molecular weight excluding hydrogens is 162 g/mol. The van der Waals surface area contributed by atoms with Crippen molar-refractivity contribution in [1.82, 2.24) is 10.2 Å². The molecule has 1 fully saturated rings. The Hall–Kier alpha value is -0.220. The molecule has 1 N–H and O–H groups in total. The predicted octanol–water partition coefficient (Wildman–Crippen LogP) is 0.935. The van der Waals surface area contributed by atoms with Crippen molar-refractivity contribution < 1.29 is 8.78 Å². The van der Waals surface area contributed by atoms with E-state index in [0.29, 0.717) is 0 Å². The molecule has 1 aliphatic heterocycles. The number of nitrogens with zero attached hydrogens (tertiary/aromatic N) is 1.